The summed E-state index contributed by atoms with van der Waals surface area (Å²) in [5.74, 6) is 0.817. The number of hydrogen-bond acceptors (Lipinski definition) is 8. The molecule has 9 nitrogen and oxygen atoms in total. The van der Waals surface area contributed by atoms with Crippen molar-refractivity contribution in [1.29, 1.82) is 0 Å². The molecule has 0 saturated heterocycles. The van der Waals surface area contributed by atoms with Gasteiger partial charge in [0.2, 0.25) is 0 Å². The summed E-state index contributed by atoms with van der Waals surface area (Å²) in [4.78, 5) is 11.7. The van der Waals surface area contributed by atoms with E-state index < -0.39 is 16.1 Å². The molecule has 0 aromatic heterocycles. The lowest BCUT2D eigenvalue weighted by Crippen LogP contribution is -2.27. The molecule has 1 aliphatic heterocycles. The monoisotopic (exact) mass is 574 g/mol. The van der Waals surface area contributed by atoms with Crippen LogP contribution < -0.4 is 19.5 Å². The Morgan fingerprint density at radius 2 is 1.73 bits per heavy atom. The maximum absolute atomic E-state index is 13.0. The molecule has 1 unspecified atom stereocenters. The first-order valence-corrected chi connectivity index (χ1v) is 14.5. The van der Waals surface area contributed by atoms with Crippen molar-refractivity contribution in [1.82, 2.24) is 5.32 Å². The van der Waals surface area contributed by atoms with Crippen LogP contribution in [0.25, 0.3) is 11.1 Å². The van der Waals surface area contributed by atoms with Crippen molar-refractivity contribution >= 4 is 21.7 Å². The molecule has 0 saturated carbocycles. The first kappa shape index (κ1) is 28.2. The normalized spacial score (nSPS) is 14.2. The number of carbonyl (C=O) groups excluding carboxylic acids is 1. The lowest BCUT2D eigenvalue weighted by molar-refractivity contribution is 0.0600. The third-order valence-electron chi connectivity index (χ3n) is 6.62. The van der Waals surface area contributed by atoms with Crippen LogP contribution >= 0.6 is 0 Å². The minimum absolute atomic E-state index is 0.131. The minimum atomic E-state index is -3.84. The SMILES string of the molecule is COC(=O)c1ccc(-c2ccc(OCCNCC(O)c3ccc4cc3NS(=O)(=O)c3cccc(c3)CO4)cc2)cc1. The number of rotatable bonds is 9. The number of hydrogen-bond donors (Lipinski definition) is 3. The smallest absolute Gasteiger partial charge is 0.337 e. The second-order valence-electron chi connectivity index (χ2n) is 9.45. The zero-order chi connectivity index (χ0) is 28.8. The van der Waals surface area contributed by atoms with Crippen molar-refractivity contribution in [2.24, 2.45) is 0 Å². The Balaban J connectivity index is 1.13. The Morgan fingerprint density at radius 1 is 1.00 bits per heavy atom. The van der Waals surface area contributed by atoms with E-state index in [0.29, 0.717) is 35.8 Å². The van der Waals surface area contributed by atoms with E-state index in [4.69, 9.17) is 14.2 Å². The summed E-state index contributed by atoms with van der Waals surface area (Å²) in [6, 6.07) is 26.3. The van der Waals surface area contributed by atoms with E-state index in [-0.39, 0.29) is 29.7 Å². The van der Waals surface area contributed by atoms with Crippen LogP contribution in [0.4, 0.5) is 5.69 Å². The van der Waals surface area contributed by atoms with E-state index in [0.717, 1.165) is 16.7 Å². The van der Waals surface area contributed by atoms with E-state index >= 15 is 0 Å². The van der Waals surface area contributed by atoms with Gasteiger partial charge in [0.05, 0.1) is 29.4 Å². The van der Waals surface area contributed by atoms with Gasteiger partial charge in [-0.25, -0.2) is 13.2 Å². The minimum Gasteiger partial charge on any atom is -0.492 e. The van der Waals surface area contributed by atoms with E-state index in [2.05, 4.69) is 10.0 Å². The van der Waals surface area contributed by atoms with Crippen LogP contribution in [-0.4, -0.2) is 46.3 Å². The number of methoxy groups -OCH3 is 1. The number of fused-ring (bicyclic) bond motifs is 4. The van der Waals surface area contributed by atoms with Crippen LogP contribution in [0.5, 0.6) is 11.5 Å². The van der Waals surface area contributed by atoms with Gasteiger partial charge in [0, 0.05) is 24.7 Å². The summed E-state index contributed by atoms with van der Waals surface area (Å²) in [6.45, 7) is 1.25. The Labute approximate surface area is 238 Å². The highest BCUT2D eigenvalue weighted by Gasteiger charge is 2.21. The standard InChI is InChI=1S/C31H30N2O7S/c1-38-31(35)24-7-5-22(6-8-24)23-9-11-25(12-10-23)39-16-15-32-19-30(34)28-14-13-26-18-29(28)33-41(36,37)27-4-2-3-21(17-27)20-40-26/h2-14,17-18,30,32-34H,15-16,19-20H2,1H3. The third kappa shape index (κ3) is 6.86. The molecule has 0 fully saturated rings. The number of nitrogens with one attached hydrogen (secondary N) is 2. The highest BCUT2D eigenvalue weighted by Crippen LogP contribution is 2.31. The van der Waals surface area contributed by atoms with Crippen molar-refractivity contribution in [2.45, 2.75) is 17.6 Å². The van der Waals surface area contributed by atoms with Crippen LogP contribution in [-0.2, 0) is 21.4 Å². The van der Waals surface area contributed by atoms with Crippen molar-refractivity contribution in [3.8, 4) is 22.6 Å². The lowest BCUT2D eigenvalue weighted by Gasteiger charge is -2.20. The molecule has 0 radical (unpaired) electrons. The van der Waals surface area contributed by atoms with Gasteiger partial charge in [-0.05, 0) is 59.2 Å². The number of aliphatic hydroxyl groups excluding tert-OH is 1. The summed E-state index contributed by atoms with van der Waals surface area (Å²) in [6.07, 6.45) is -0.971. The number of sulfonamides is 1. The summed E-state index contributed by atoms with van der Waals surface area (Å²) in [5.41, 5.74) is 3.88. The Morgan fingerprint density at radius 3 is 2.46 bits per heavy atom. The molecule has 4 aromatic rings. The van der Waals surface area contributed by atoms with Crippen LogP contribution in [0.3, 0.4) is 0 Å². The first-order valence-electron chi connectivity index (χ1n) is 13.0. The predicted molar refractivity (Wildman–Crippen MR) is 155 cm³/mol. The molecule has 10 heteroatoms. The maximum Gasteiger partial charge on any atom is 0.337 e. The van der Waals surface area contributed by atoms with E-state index in [1.54, 1.807) is 48.5 Å². The van der Waals surface area contributed by atoms with Gasteiger partial charge >= 0.3 is 5.97 Å². The van der Waals surface area contributed by atoms with Crippen molar-refractivity contribution in [2.75, 3.05) is 31.5 Å². The molecule has 4 bridgehead atoms. The Bertz CT molecular complexity index is 1620. The van der Waals surface area contributed by atoms with Gasteiger partial charge in [-0.3, -0.25) is 4.72 Å². The van der Waals surface area contributed by atoms with E-state index in [9.17, 15) is 18.3 Å². The lowest BCUT2D eigenvalue weighted by atomic mass is 10.0. The van der Waals surface area contributed by atoms with Crippen molar-refractivity contribution < 1.29 is 32.5 Å². The number of aliphatic hydroxyl groups is 1. The summed E-state index contributed by atoms with van der Waals surface area (Å²) in [7, 11) is -2.49. The zero-order valence-corrected chi connectivity index (χ0v) is 23.2. The maximum atomic E-state index is 13.0. The number of benzene rings is 4. The average molecular weight is 575 g/mol. The van der Waals surface area contributed by atoms with Gasteiger partial charge in [-0.1, -0.05) is 42.5 Å². The molecule has 41 heavy (non-hydrogen) atoms. The number of carbonyl (C=O) groups is 1. The van der Waals surface area contributed by atoms with Crippen LogP contribution in [0.1, 0.15) is 27.6 Å². The molecular weight excluding hydrogens is 544 g/mol. The molecule has 0 aliphatic carbocycles. The van der Waals surface area contributed by atoms with E-state index in [1.807, 2.05) is 36.4 Å². The van der Waals surface area contributed by atoms with Gasteiger partial charge < -0.3 is 24.6 Å². The quantitative estimate of drug-likeness (QED) is 0.197. The fraction of sp³-hybridized carbons (Fsp3) is 0.194. The summed E-state index contributed by atoms with van der Waals surface area (Å²) in [5, 5.41) is 14.0. The van der Waals surface area contributed by atoms with Crippen LogP contribution in [0.2, 0.25) is 0 Å². The van der Waals surface area contributed by atoms with E-state index in [1.165, 1.54) is 13.2 Å². The number of ether oxygens (including phenoxy) is 3. The van der Waals surface area contributed by atoms with Crippen LogP contribution in [0.15, 0.2) is 95.9 Å². The Hall–Kier alpha value is -4.38. The van der Waals surface area contributed by atoms with Crippen molar-refractivity contribution in [3.05, 3.63) is 108 Å². The highest BCUT2D eigenvalue weighted by molar-refractivity contribution is 7.92. The third-order valence-corrected chi connectivity index (χ3v) is 7.98. The van der Waals surface area contributed by atoms with Gasteiger partial charge in [0.25, 0.3) is 10.0 Å². The number of anilines is 1. The molecule has 5 rings (SSSR count). The second-order valence-corrected chi connectivity index (χ2v) is 11.1. The average Bonchev–Trinajstić information content (AvgIpc) is 2.99. The molecule has 1 heterocycles. The second kappa shape index (κ2) is 12.4. The van der Waals surface area contributed by atoms with Gasteiger partial charge in [0.1, 0.15) is 24.7 Å². The van der Waals surface area contributed by atoms with Gasteiger partial charge in [-0.15, -0.1) is 0 Å². The fourth-order valence-corrected chi connectivity index (χ4v) is 5.58. The molecule has 1 atom stereocenters. The largest absolute Gasteiger partial charge is 0.492 e. The molecule has 0 spiro atoms. The van der Waals surface area contributed by atoms with Crippen LogP contribution in [0, 0.1) is 0 Å². The molecule has 0 amide bonds. The fourth-order valence-electron chi connectivity index (χ4n) is 4.43. The molecule has 3 N–H and O–H groups in total. The van der Waals surface area contributed by atoms with Gasteiger partial charge in [0.15, 0.2) is 0 Å². The topological polar surface area (TPSA) is 123 Å². The number of esters is 1. The molecular formula is C31H30N2O7S. The van der Waals surface area contributed by atoms with Gasteiger partial charge in [-0.2, -0.15) is 0 Å². The summed E-state index contributed by atoms with van der Waals surface area (Å²) >= 11 is 0. The molecule has 4 aromatic carbocycles. The highest BCUT2D eigenvalue weighted by atomic mass is 32.2. The Kier molecular flexibility index (Phi) is 8.53. The molecule has 1 aliphatic rings. The zero-order valence-electron chi connectivity index (χ0n) is 22.4. The molecule has 212 valence electrons. The first-order chi connectivity index (χ1) is 19.8. The summed E-state index contributed by atoms with van der Waals surface area (Å²) < 4.78 is 44.9. The predicted octanol–water partition coefficient (Wildman–Crippen LogP) is 4.54. The van der Waals surface area contributed by atoms with Crippen molar-refractivity contribution in [3.63, 3.8) is 0 Å².